The fourth-order valence-electron chi connectivity index (χ4n) is 1.36. The molecule has 4 heteroatoms. The molecule has 0 aromatic carbocycles. The zero-order valence-electron chi connectivity index (χ0n) is 8.96. The highest BCUT2D eigenvalue weighted by atomic mass is 16.2. The fraction of sp³-hybridized carbons (Fsp3) is 0.700. The number of imide groups is 1. The molecule has 4 nitrogen and oxygen atoms in total. The van der Waals surface area contributed by atoms with Gasteiger partial charge < -0.3 is 0 Å². The van der Waals surface area contributed by atoms with Gasteiger partial charge in [-0.2, -0.15) is 0 Å². The number of carbonyl (C=O) groups is 3. The van der Waals surface area contributed by atoms with Crippen LogP contribution >= 0.6 is 0 Å². The lowest BCUT2D eigenvalue weighted by Gasteiger charge is -2.40. The van der Waals surface area contributed by atoms with E-state index in [2.05, 4.69) is 0 Å². The van der Waals surface area contributed by atoms with Gasteiger partial charge in [-0.3, -0.25) is 19.3 Å². The molecule has 1 unspecified atom stereocenters. The number of β-lactam (4-membered cyclic amide) rings is 1. The van der Waals surface area contributed by atoms with Crippen LogP contribution in [0.4, 0.5) is 0 Å². The first kappa shape index (κ1) is 10.9. The number of hydrogen-bond donors (Lipinski definition) is 0. The van der Waals surface area contributed by atoms with Crippen LogP contribution < -0.4 is 0 Å². The lowest BCUT2D eigenvalue weighted by molar-refractivity contribution is -0.166. The van der Waals surface area contributed by atoms with Crippen LogP contribution in [0.25, 0.3) is 0 Å². The summed E-state index contributed by atoms with van der Waals surface area (Å²) >= 11 is 0. The van der Waals surface area contributed by atoms with Gasteiger partial charge in [0, 0.05) is 5.41 Å². The third kappa shape index (κ3) is 1.69. The van der Waals surface area contributed by atoms with E-state index in [9.17, 15) is 14.4 Å². The summed E-state index contributed by atoms with van der Waals surface area (Å²) in [7, 11) is 0. The molecule has 1 aliphatic rings. The SMILES string of the molecule is CC(=O)C1CC(=O)N1C(=O)C(C)(C)C. The molecule has 1 atom stereocenters. The highest BCUT2D eigenvalue weighted by molar-refractivity contribution is 6.08. The maximum absolute atomic E-state index is 11.7. The molecule has 0 aliphatic carbocycles. The van der Waals surface area contributed by atoms with Crippen molar-refractivity contribution >= 4 is 17.6 Å². The predicted octanol–water partition coefficient (Wildman–Crippen LogP) is 0.749. The number of Topliss-reactive ketones (excluding diaryl/α,β-unsaturated/α-hetero) is 1. The number of amides is 2. The molecule has 0 spiro atoms. The Labute approximate surface area is 83.3 Å². The largest absolute Gasteiger partial charge is 0.298 e. The molecular weight excluding hydrogens is 182 g/mol. The highest BCUT2D eigenvalue weighted by Gasteiger charge is 2.46. The van der Waals surface area contributed by atoms with E-state index < -0.39 is 11.5 Å². The van der Waals surface area contributed by atoms with E-state index in [-0.39, 0.29) is 24.0 Å². The van der Waals surface area contributed by atoms with Crippen LogP contribution in [0.15, 0.2) is 0 Å². The summed E-state index contributed by atoms with van der Waals surface area (Å²) in [5.74, 6) is -0.638. The average molecular weight is 197 g/mol. The zero-order chi connectivity index (χ0) is 11.1. The van der Waals surface area contributed by atoms with Crippen molar-refractivity contribution in [1.29, 1.82) is 0 Å². The third-order valence-electron chi connectivity index (χ3n) is 2.28. The molecule has 0 aromatic heterocycles. The van der Waals surface area contributed by atoms with Crippen LogP contribution in [-0.4, -0.2) is 28.5 Å². The van der Waals surface area contributed by atoms with Crippen LogP contribution in [0.1, 0.15) is 34.1 Å². The van der Waals surface area contributed by atoms with Gasteiger partial charge in [0.1, 0.15) is 6.04 Å². The first-order chi connectivity index (χ1) is 6.25. The molecule has 1 aliphatic heterocycles. The number of hydrogen-bond acceptors (Lipinski definition) is 3. The predicted molar refractivity (Wildman–Crippen MR) is 50.4 cm³/mol. The molecule has 0 saturated carbocycles. The Morgan fingerprint density at radius 3 is 2.14 bits per heavy atom. The van der Waals surface area contributed by atoms with Gasteiger partial charge in [-0.1, -0.05) is 20.8 Å². The van der Waals surface area contributed by atoms with Gasteiger partial charge in [-0.25, -0.2) is 0 Å². The summed E-state index contributed by atoms with van der Waals surface area (Å²) in [4.78, 5) is 35.1. The maximum atomic E-state index is 11.7. The second-order valence-electron chi connectivity index (χ2n) is 4.65. The quantitative estimate of drug-likeness (QED) is 0.583. The van der Waals surface area contributed by atoms with E-state index in [1.165, 1.54) is 6.92 Å². The Hall–Kier alpha value is -1.19. The smallest absolute Gasteiger partial charge is 0.235 e. The zero-order valence-corrected chi connectivity index (χ0v) is 8.96. The molecule has 0 bridgehead atoms. The van der Waals surface area contributed by atoms with Crippen LogP contribution in [0.2, 0.25) is 0 Å². The Morgan fingerprint density at radius 1 is 1.36 bits per heavy atom. The Bertz CT molecular complexity index is 301. The summed E-state index contributed by atoms with van der Waals surface area (Å²) < 4.78 is 0. The molecule has 2 amide bonds. The van der Waals surface area contributed by atoms with Gasteiger partial charge in [0.05, 0.1) is 6.42 Å². The summed E-state index contributed by atoms with van der Waals surface area (Å²) in [6.07, 6.45) is 0.178. The van der Waals surface area contributed by atoms with Crippen LogP contribution in [0, 0.1) is 5.41 Å². The van der Waals surface area contributed by atoms with Gasteiger partial charge in [-0.15, -0.1) is 0 Å². The van der Waals surface area contributed by atoms with Crippen LogP contribution in [0.5, 0.6) is 0 Å². The van der Waals surface area contributed by atoms with Crippen molar-refractivity contribution in [2.24, 2.45) is 5.41 Å². The summed E-state index contributed by atoms with van der Waals surface area (Å²) in [5, 5.41) is 0. The van der Waals surface area contributed by atoms with E-state index in [4.69, 9.17) is 0 Å². The Kier molecular flexibility index (Phi) is 2.48. The molecule has 0 N–H and O–H groups in total. The minimum Gasteiger partial charge on any atom is -0.298 e. The number of ketones is 1. The van der Waals surface area contributed by atoms with Crippen molar-refractivity contribution in [1.82, 2.24) is 4.90 Å². The number of carbonyl (C=O) groups excluding carboxylic acids is 3. The van der Waals surface area contributed by atoms with Gasteiger partial charge >= 0.3 is 0 Å². The average Bonchev–Trinajstić information content (AvgIpc) is 1.97. The molecular formula is C10H15NO3. The van der Waals surface area contributed by atoms with E-state index >= 15 is 0 Å². The van der Waals surface area contributed by atoms with Gasteiger partial charge in [-0.05, 0) is 6.92 Å². The minimum atomic E-state index is -0.607. The molecule has 0 aromatic rings. The first-order valence-corrected chi connectivity index (χ1v) is 4.62. The molecule has 14 heavy (non-hydrogen) atoms. The second kappa shape index (κ2) is 3.19. The lowest BCUT2D eigenvalue weighted by atomic mass is 9.89. The number of likely N-dealkylation sites (tertiary alicyclic amines) is 1. The molecule has 1 rings (SSSR count). The number of nitrogens with zero attached hydrogens (tertiary/aromatic N) is 1. The molecule has 0 radical (unpaired) electrons. The van der Waals surface area contributed by atoms with Gasteiger partial charge in [0.2, 0.25) is 11.8 Å². The Morgan fingerprint density at radius 2 is 1.86 bits per heavy atom. The van der Waals surface area contributed by atoms with Crippen molar-refractivity contribution < 1.29 is 14.4 Å². The van der Waals surface area contributed by atoms with E-state index in [1.807, 2.05) is 0 Å². The topological polar surface area (TPSA) is 54.5 Å². The Balaban J connectivity index is 2.82. The van der Waals surface area contributed by atoms with Gasteiger partial charge in [0.15, 0.2) is 5.78 Å². The van der Waals surface area contributed by atoms with Crippen LogP contribution in [-0.2, 0) is 14.4 Å². The van der Waals surface area contributed by atoms with Crippen LogP contribution in [0.3, 0.4) is 0 Å². The fourth-order valence-corrected chi connectivity index (χ4v) is 1.36. The minimum absolute atomic E-state index is 0.123. The van der Waals surface area contributed by atoms with E-state index in [0.717, 1.165) is 4.90 Å². The monoisotopic (exact) mass is 197 g/mol. The molecule has 1 fully saturated rings. The number of rotatable bonds is 1. The summed E-state index contributed by atoms with van der Waals surface area (Å²) in [5.41, 5.74) is -0.607. The van der Waals surface area contributed by atoms with E-state index in [1.54, 1.807) is 20.8 Å². The molecule has 78 valence electrons. The molecule has 1 saturated heterocycles. The summed E-state index contributed by atoms with van der Waals surface area (Å²) in [6.45, 7) is 6.61. The van der Waals surface area contributed by atoms with Crippen molar-refractivity contribution in [2.75, 3.05) is 0 Å². The first-order valence-electron chi connectivity index (χ1n) is 4.62. The lowest BCUT2D eigenvalue weighted by Crippen LogP contribution is -2.61. The standard InChI is InChI=1S/C10H15NO3/c1-6(12)7-5-8(13)11(7)9(14)10(2,3)4/h7H,5H2,1-4H3. The summed E-state index contributed by atoms with van der Waals surface area (Å²) in [6, 6.07) is -0.519. The van der Waals surface area contributed by atoms with Crippen molar-refractivity contribution in [3.05, 3.63) is 0 Å². The van der Waals surface area contributed by atoms with Gasteiger partial charge in [0.25, 0.3) is 0 Å². The third-order valence-corrected chi connectivity index (χ3v) is 2.28. The maximum Gasteiger partial charge on any atom is 0.235 e. The van der Waals surface area contributed by atoms with Crippen molar-refractivity contribution in [3.63, 3.8) is 0 Å². The van der Waals surface area contributed by atoms with E-state index in [0.29, 0.717) is 0 Å². The normalized spacial score (nSPS) is 21.9. The second-order valence-corrected chi connectivity index (χ2v) is 4.65. The van der Waals surface area contributed by atoms with Crippen molar-refractivity contribution in [2.45, 2.75) is 40.2 Å². The molecule has 1 heterocycles. The highest BCUT2D eigenvalue weighted by Crippen LogP contribution is 2.27. The van der Waals surface area contributed by atoms with Crippen molar-refractivity contribution in [3.8, 4) is 0 Å².